The molecule has 21 heavy (non-hydrogen) atoms. The third-order valence-electron chi connectivity index (χ3n) is 3.95. The molecule has 0 radical (unpaired) electrons. The van der Waals surface area contributed by atoms with Crippen LogP contribution in [0.4, 0.5) is 22.7 Å². The number of carbonyl (C=O) groups excluding carboxylic acids is 1. The van der Waals surface area contributed by atoms with Crippen molar-refractivity contribution in [2.45, 2.75) is 20.3 Å². The van der Waals surface area contributed by atoms with Crippen LogP contribution < -0.4 is 16.0 Å². The van der Waals surface area contributed by atoms with Crippen molar-refractivity contribution in [3.8, 4) is 0 Å². The topological polar surface area (TPSA) is 58.4 Å². The van der Waals surface area contributed by atoms with E-state index in [4.69, 9.17) is 5.73 Å². The molecular weight excluding hydrogens is 262 g/mol. The number of nitrogen functional groups attached to an aromatic ring is 1. The molecule has 0 saturated carbocycles. The van der Waals surface area contributed by atoms with Gasteiger partial charge >= 0.3 is 0 Å². The van der Waals surface area contributed by atoms with Gasteiger partial charge in [0, 0.05) is 18.4 Å². The minimum absolute atomic E-state index is 0.0238. The Balaban J connectivity index is 2.04. The van der Waals surface area contributed by atoms with Crippen molar-refractivity contribution in [2.75, 3.05) is 23.0 Å². The van der Waals surface area contributed by atoms with Crippen LogP contribution in [0.2, 0.25) is 0 Å². The SMILES string of the molecule is Cc1ccc(N(C)c2cc3c(cc2N)CC(=O)N3)c(C)c1. The molecule has 0 fully saturated rings. The van der Waals surface area contributed by atoms with E-state index in [0.717, 1.165) is 22.6 Å². The summed E-state index contributed by atoms with van der Waals surface area (Å²) in [5.74, 6) is 0.0238. The first-order chi connectivity index (χ1) is 9.95. The Hall–Kier alpha value is -2.49. The van der Waals surface area contributed by atoms with Crippen molar-refractivity contribution in [3.63, 3.8) is 0 Å². The molecule has 3 rings (SSSR count). The molecule has 0 saturated heterocycles. The second-order valence-electron chi connectivity index (χ2n) is 5.64. The van der Waals surface area contributed by atoms with Crippen molar-refractivity contribution < 1.29 is 4.79 Å². The molecule has 0 unspecified atom stereocenters. The fraction of sp³-hybridized carbons (Fsp3) is 0.235. The van der Waals surface area contributed by atoms with Crippen LogP contribution in [0.5, 0.6) is 0 Å². The molecule has 3 N–H and O–H groups in total. The van der Waals surface area contributed by atoms with Crippen LogP contribution in [0.3, 0.4) is 0 Å². The number of nitrogens with two attached hydrogens (primary N) is 1. The largest absolute Gasteiger partial charge is 0.397 e. The predicted molar refractivity (Wildman–Crippen MR) is 87.2 cm³/mol. The van der Waals surface area contributed by atoms with Gasteiger partial charge in [-0.3, -0.25) is 4.79 Å². The molecule has 108 valence electrons. The van der Waals surface area contributed by atoms with Gasteiger partial charge in [0.05, 0.1) is 17.8 Å². The number of nitrogens with one attached hydrogen (secondary N) is 1. The highest BCUT2D eigenvalue weighted by molar-refractivity contribution is 6.01. The van der Waals surface area contributed by atoms with Crippen LogP contribution in [0, 0.1) is 13.8 Å². The zero-order valence-corrected chi connectivity index (χ0v) is 12.5. The average Bonchev–Trinajstić information content (AvgIpc) is 2.76. The number of benzene rings is 2. The van der Waals surface area contributed by atoms with Gasteiger partial charge in [0.1, 0.15) is 0 Å². The number of fused-ring (bicyclic) bond motifs is 1. The van der Waals surface area contributed by atoms with Crippen LogP contribution in [0.15, 0.2) is 30.3 Å². The molecule has 2 aromatic carbocycles. The Morgan fingerprint density at radius 2 is 1.90 bits per heavy atom. The molecule has 0 spiro atoms. The summed E-state index contributed by atoms with van der Waals surface area (Å²) in [6.45, 7) is 4.17. The van der Waals surface area contributed by atoms with Gasteiger partial charge in [-0.25, -0.2) is 0 Å². The van der Waals surface area contributed by atoms with E-state index in [1.807, 2.05) is 19.2 Å². The number of aryl methyl sites for hydroxylation is 2. The van der Waals surface area contributed by atoms with Gasteiger partial charge in [-0.1, -0.05) is 17.7 Å². The summed E-state index contributed by atoms with van der Waals surface area (Å²) in [5, 5.41) is 2.87. The Morgan fingerprint density at radius 1 is 1.14 bits per heavy atom. The highest BCUT2D eigenvalue weighted by atomic mass is 16.1. The van der Waals surface area contributed by atoms with Gasteiger partial charge in [0.15, 0.2) is 0 Å². The van der Waals surface area contributed by atoms with E-state index in [-0.39, 0.29) is 5.91 Å². The fourth-order valence-electron chi connectivity index (χ4n) is 2.88. The van der Waals surface area contributed by atoms with E-state index < -0.39 is 0 Å². The second kappa shape index (κ2) is 4.81. The van der Waals surface area contributed by atoms with Crippen molar-refractivity contribution in [1.82, 2.24) is 0 Å². The van der Waals surface area contributed by atoms with Crippen LogP contribution in [0.1, 0.15) is 16.7 Å². The van der Waals surface area contributed by atoms with Crippen molar-refractivity contribution in [3.05, 3.63) is 47.0 Å². The molecule has 4 heteroatoms. The van der Waals surface area contributed by atoms with Crippen molar-refractivity contribution >= 4 is 28.7 Å². The molecule has 1 amide bonds. The number of amides is 1. The molecule has 1 aliphatic rings. The fourth-order valence-corrected chi connectivity index (χ4v) is 2.88. The molecule has 0 atom stereocenters. The van der Waals surface area contributed by atoms with Crippen LogP contribution in [-0.4, -0.2) is 13.0 Å². The number of hydrogen-bond acceptors (Lipinski definition) is 3. The molecule has 1 aliphatic heterocycles. The maximum atomic E-state index is 11.5. The summed E-state index contributed by atoms with van der Waals surface area (Å²) >= 11 is 0. The van der Waals surface area contributed by atoms with Gasteiger partial charge in [0.2, 0.25) is 5.91 Å². The minimum Gasteiger partial charge on any atom is -0.397 e. The average molecular weight is 281 g/mol. The molecule has 4 nitrogen and oxygen atoms in total. The first-order valence-electron chi connectivity index (χ1n) is 6.99. The number of rotatable bonds is 2. The number of nitrogens with zero attached hydrogens (tertiary/aromatic N) is 1. The van der Waals surface area contributed by atoms with Gasteiger partial charge in [-0.2, -0.15) is 0 Å². The molecule has 0 bridgehead atoms. The van der Waals surface area contributed by atoms with Gasteiger partial charge < -0.3 is 16.0 Å². The van der Waals surface area contributed by atoms with Crippen LogP contribution >= 0.6 is 0 Å². The summed E-state index contributed by atoms with van der Waals surface area (Å²) in [6, 6.07) is 10.2. The molecule has 2 aromatic rings. The highest BCUT2D eigenvalue weighted by Crippen LogP contribution is 2.37. The highest BCUT2D eigenvalue weighted by Gasteiger charge is 2.21. The van der Waals surface area contributed by atoms with E-state index in [9.17, 15) is 4.79 Å². The Kier molecular flexibility index (Phi) is 3.09. The van der Waals surface area contributed by atoms with E-state index in [0.29, 0.717) is 12.1 Å². The maximum absolute atomic E-state index is 11.5. The van der Waals surface area contributed by atoms with E-state index in [2.05, 4.69) is 42.3 Å². The zero-order chi connectivity index (χ0) is 15.1. The number of hydrogen-bond donors (Lipinski definition) is 2. The van der Waals surface area contributed by atoms with Gasteiger partial charge in [-0.15, -0.1) is 0 Å². The third-order valence-corrected chi connectivity index (χ3v) is 3.95. The first kappa shape index (κ1) is 13.5. The lowest BCUT2D eigenvalue weighted by Gasteiger charge is -2.24. The maximum Gasteiger partial charge on any atom is 0.228 e. The quantitative estimate of drug-likeness (QED) is 0.831. The zero-order valence-electron chi connectivity index (χ0n) is 12.5. The Bertz CT molecular complexity index is 737. The Labute approximate surface area is 124 Å². The summed E-state index contributed by atoms with van der Waals surface area (Å²) in [4.78, 5) is 13.6. The lowest BCUT2D eigenvalue weighted by Crippen LogP contribution is -2.13. The smallest absolute Gasteiger partial charge is 0.228 e. The molecule has 0 aliphatic carbocycles. The van der Waals surface area contributed by atoms with Gasteiger partial charge in [0.25, 0.3) is 0 Å². The molecule has 0 aromatic heterocycles. The monoisotopic (exact) mass is 281 g/mol. The predicted octanol–water partition coefficient (Wildman–Crippen LogP) is 3.15. The summed E-state index contributed by atoms with van der Waals surface area (Å²) in [6.07, 6.45) is 0.410. The van der Waals surface area contributed by atoms with Crippen LogP contribution in [-0.2, 0) is 11.2 Å². The normalized spacial score (nSPS) is 13.0. The second-order valence-corrected chi connectivity index (χ2v) is 5.64. The van der Waals surface area contributed by atoms with E-state index >= 15 is 0 Å². The Morgan fingerprint density at radius 3 is 2.62 bits per heavy atom. The van der Waals surface area contributed by atoms with E-state index in [1.165, 1.54) is 11.1 Å². The first-order valence-corrected chi connectivity index (χ1v) is 6.99. The summed E-state index contributed by atoms with van der Waals surface area (Å²) in [5.41, 5.74) is 13.1. The number of anilines is 4. The number of carbonyl (C=O) groups is 1. The van der Waals surface area contributed by atoms with Crippen LogP contribution in [0.25, 0.3) is 0 Å². The van der Waals surface area contributed by atoms with Crippen molar-refractivity contribution in [2.24, 2.45) is 0 Å². The third kappa shape index (κ3) is 2.33. The lowest BCUT2D eigenvalue weighted by molar-refractivity contribution is -0.115. The molecular formula is C17H19N3O. The molecule has 1 heterocycles. The summed E-state index contributed by atoms with van der Waals surface area (Å²) < 4.78 is 0. The summed E-state index contributed by atoms with van der Waals surface area (Å²) in [7, 11) is 1.99. The standard InChI is InChI=1S/C17H19N3O/c1-10-4-5-15(11(2)6-10)20(3)16-9-14-12(7-13(16)18)8-17(21)19-14/h4-7,9H,8,18H2,1-3H3,(H,19,21). The minimum atomic E-state index is 0.0238. The lowest BCUT2D eigenvalue weighted by atomic mass is 10.1. The van der Waals surface area contributed by atoms with Crippen molar-refractivity contribution in [1.29, 1.82) is 0 Å². The van der Waals surface area contributed by atoms with E-state index in [1.54, 1.807) is 0 Å². The van der Waals surface area contributed by atoms with Gasteiger partial charge in [-0.05, 0) is 43.2 Å².